The van der Waals surface area contributed by atoms with Crippen molar-refractivity contribution in [1.29, 1.82) is 0 Å². The van der Waals surface area contributed by atoms with Gasteiger partial charge in [-0.2, -0.15) is 0 Å². The van der Waals surface area contributed by atoms with Crippen LogP contribution in [0, 0.1) is 0 Å². The number of pyridine rings is 1. The predicted molar refractivity (Wildman–Crippen MR) is 113 cm³/mol. The lowest BCUT2D eigenvalue weighted by molar-refractivity contribution is -0.00546. The molecule has 0 aromatic carbocycles. The molecule has 0 amide bonds. The molecule has 156 valence electrons. The third-order valence-electron chi connectivity index (χ3n) is 5.25. The second-order valence-corrected chi connectivity index (χ2v) is 8.14. The first-order chi connectivity index (χ1) is 13.5. The van der Waals surface area contributed by atoms with Crippen molar-refractivity contribution in [3.63, 3.8) is 0 Å². The monoisotopic (exact) mass is 389 g/mol. The van der Waals surface area contributed by atoms with Gasteiger partial charge < -0.3 is 25.0 Å². The van der Waals surface area contributed by atoms with E-state index >= 15 is 0 Å². The molecular weight excluding hydrogens is 354 g/mol. The minimum atomic E-state index is -0.0914. The van der Waals surface area contributed by atoms with Gasteiger partial charge in [0, 0.05) is 39.0 Å². The lowest BCUT2D eigenvalue weighted by Crippen LogP contribution is -2.45. The van der Waals surface area contributed by atoms with Crippen molar-refractivity contribution in [2.75, 3.05) is 37.7 Å². The van der Waals surface area contributed by atoms with Crippen LogP contribution in [0.15, 0.2) is 23.3 Å². The number of morpholine rings is 1. The third-order valence-corrected chi connectivity index (χ3v) is 5.25. The van der Waals surface area contributed by atoms with Crippen LogP contribution in [0.3, 0.4) is 0 Å². The van der Waals surface area contributed by atoms with Crippen LogP contribution in [0.25, 0.3) is 0 Å². The SMILES string of the molecule is CCNC(=NCc1ccc(N2CC(C)OC(C)C2)nc1)NCC1(C)CCCO1. The summed E-state index contributed by atoms with van der Waals surface area (Å²) in [5, 5.41) is 6.73. The standard InChI is InChI=1S/C21H35N5O2/c1-5-22-20(25-15-21(4)9-6-10-27-21)24-12-18-7-8-19(23-11-18)26-13-16(2)28-17(3)14-26/h7-8,11,16-17H,5-6,9-10,12-15H2,1-4H3,(H2,22,24,25). The zero-order valence-electron chi connectivity index (χ0n) is 17.7. The predicted octanol–water partition coefficient (Wildman–Crippen LogP) is 2.32. The molecule has 7 nitrogen and oxygen atoms in total. The molecule has 2 aliphatic rings. The molecule has 1 aromatic heterocycles. The fourth-order valence-electron chi connectivity index (χ4n) is 3.82. The van der Waals surface area contributed by atoms with E-state index in [9.17, 15) is 0 Å². The Morgan fingerprint density at radius 1 is 1.29 bits per heavy atom. The Kier molecular flexibility index (Phi) is 7.13. The molecule has 2 saturated heterocycles. The van der Waals surface area contributed by atoms with Crippen LogP contribution < -0.4 is 15.5 Å². The topological polar surface area (TPSA) is 71.0 Å². The van der Waals surface area contributed by atoms with E-state index in [1.165, 1.54) is 0 Å². The number of anilines is 1. The van der Waals surface area contributed by atoms with Crippen molar-refractivity contribution >= 4 is 11.8 Å². The maximum absolute atomic E-state index is 5.85. The van der Waals surface area contributed by atoms with Crippen LogP contribution in [0.4, 0.5) is 5.82 Å². The summed E-state index contributed by atoms with van der Waals surface area (Å²) in [5.41, 5.74) is 1.00. The summed E-state index contributed by atoms with van der Waals surface area (Å²) in [4.78, 5) is 11.7. The molecule has 2 aliphatic heterocycles. The number of ether oxygens (including phenoxy) is 2. The molecule has 2 N–H and O–H groups in total. The van der Waals surface area contributed by atoms with Crippen LogP contribution in [-0.2, 0) is 16.0 Å². The van der Waals surface area contributed by atoms with Crippen LogP contribution >= 0.6 is 0 Å². The van der Waals surface area contributed by atoms with E-state index in [0.717, 1.165) is 63.0 Å². The Morgan fingerprint density at radius 2 is 2.07 bits per heavy atom. The molecule has 3 unspecified atom stereocenters. The summed E-state index contributed by atoms with van der Waals surface area (Å²) < 4.78 is 11.7. The number of aliphatic imine (C=N–C) groups is 1. The van der Waals surface area contributed by atoms with E-state index in [4.69, 9.17) is 14.5 Å². The van der Waals surface area contributed by atoms with E-state index in [0.29, 0.717) is 6.54 Å². The summed E-state index contributed by atoms with van der Waals surface area (Å²) >= 11 is 0. The molecular formula is C21H35N5O2. The summed E-state index contributed by atoms with van der Waals surface area (Å²) in [6, 6.07) is 4.20. The Morgan fingerprint density at radius 3 is 2.68 bits per heavy atom. The molecule has 0 radical (unpaired) electrons. The minimum Gasteiger partial charge on any atom is -0.373 e. The zero-order chi connectivity index (χ0) is 20.0. The largest absolute Gasteiger partial charge is 0.373 e. The van der Waals surface area contributed by atoms with Gasteiger partial charge in [-0.15, -0.1) is 0 Å². The van der Waals surface area contributed by atoms with E-state index in [2.05, 4.69) is 60.3 Å². The molecule has 7 heteroatoms. The third kappa shape index (κ3) is 5.82. The van der Waals surface area contributed by atoms with Gasteiger partial charge in [0.2, 0.25) is 0 Å². The highest BCUT2D eigenvalue weighted by molar-refractivity contribution is 5.79. The van der Waals surface area contributed by atoms with Crippen LogP contribution in [0.2, 0.25) is 0 Å². The van der Waals surface area contributed by atoms with Crippen LogP contribution in [0.1, 0.15) is 46.1 Å². The second kappa shape index (κ2) is 9.56. The molecule has 0 saturated carbocycles. The van der Waals surface area contributed by atoms with Crippen LogP contribution in [-0.4, -0.2) is 61.5 Å². The Hall–Kier alpha value is -1.86. The van der Waals surface area contributed by atoms with Crippen molar-refractivity contribution in [1.82, 2.24) is 15.6 Å². The van der Waals surface area contributed by atoms with Gasteiger partial charge in [0.15, 0.2) is 5.96 Å². The molecule has 28 heavy (non-hydrogen) atoms. The molecule has 2 fully saturated rings. The van der Waals surface area contributed by atoms with E-state index in [1.807, 2.05) is 6.20 Å². The highest BCUT2D eigenvalue weighted by Gasteiger charge is 2.29. The maximum atomic E-state index is 5.85. The Balaban J connectivity index is 1.56. The summed E-state index contributed by atoms with van der Waals surface area (Å²) in [6.45, 7) is 13.3. The van der Waals surface area contributed by atoms with E-state index in [-0.39, 0.29) is 17.8 Å². The van der Waals surface area contributed by atoms with Crippen molar-refractivity contribution in [2.45, 2.75) is 64.9 Å². The Labute approximate surface area is 168 Å². The summed E-state index contributed by atoms with van der Waals surface area (Å²) in [7, 11) is 0. The van der Waals surface area contributed by atoms with Crippen molar-refractivity contribution in [2.24, 2.45) is 4.99 Å². The number of nitrogens with one attached hydrogen (secondary N) is 2. The smallest absolute Gasteiger partial charge is 0.191 e. The average Bonchev–Trinajstić information content (AvgIpc) is 3.10. The van der Waals surface area contributed by atoms with E-state index in [1.54, 1.807) is 0 Å². The fraction of sp³-hybridized carbons (Fsp3) is 0.714. The number of rotatable bonds is 6. The first kappa shape index (κ1) is 20.9. The second-order valence-electron chi connectivity index (χ2n) is 8.14. The van der Waals surface area contributed by atoms with Gasteiger partial charge >= 0.3 is 0 Å². The Bertz CT molecular complexity index is 633. The quantitative estimate of drug-likeness (QED) is 0.575. The normalized spacial score (nSPS) is 28.4. The van der Waals surface area contributed by atoms with Crippen molar-refractivity contribution < 1.29 is 9.47 Å². The molecule has 0 aliphatic carbocycles. The van der Waals surface area contributed by atoms with Gasteiger partial charge in [-0.05, 0) is 52.2 Å². The molecule has 0 bridgehead atoms. The first-order valence-electron chi connectivity index (χ1n) is 10.5. The van der Waals surface area contributed by atoms with Gasteiger partial charge in [-0.3, -0.25) is 0 Å². The van der Waals surface area contributed by atoms with Gasteiger partial charge in [-0.1, -0.05) is 6.07 Å². The first-order valence-corrected chi connectivity index (χ1v) is 10.5. The number of aromatic nitrogens is 1. The van der Waals surface area contributed by atoms with Gasteiger partial charge in [0.1, 0.15) is 5.82 Å². The zero-order valence-corrected chi connectivity index (χ0v) is 17.7. The van der Waals surface area contributed by atoms with Crippen LogP contribution in [0.5, 0.6) is 0 Å². The highest BCUT2D eigenvalue weighted by Crippen LogP contribution is 2.23. The minimum absolute atomic E-state index is 0.0914. The van der Waals surface area contributed by atoms with Crippen molar-refractivity contribution in [3.8, 4) is 0 Å². The van der Waals surface area contributed by atoms with E-state index < -0.39 is 0 Å². The fourth-order valence-corrected chi connectivity index (χ4v) is 3.82. The van der Waals surface area contributed by atoms with Gasteiger partial charge in [0.25, 0.3) is 0 Å². The molecule has 0 spiro atoms. The number of hydrogen-bond acceptors (Lipinski definition) is 5. The number of guanidine groups is 1. The summed E-state index contributed by atoms with van der Waals surface area (Å²) in [6.07, 6.45) is 4.60. The average molecular weight is 390 g/mol. The van der Waals surface area contributed by atoms with Gasteiger partial charge in [-0.25, -0.2) is 9.98 Å². The molecule has 3 rings (SSSR count). The lowest BCUT2D eigenvalue weighted by Gasteiger charge is -2.36. The molecule has 3 heterocycles. The van der Waals surface area contributed by atoms with Gasteiger partial charge in [0.05, 0.1) is 24.4 Å². The number of nitrogens with zero attached hydrogens (tertiary/aromatic N) is 3. The maximum Gasteiger partial charge on any atom is 0.191 e. The van der Waals surface area contributed by atoms with Crippen molar-refractivity contribution in [3.05, 3.63) is 23.9 Å². The molecule has 1 aromatic rings. The summed E-state index contributed by atoms with van der Waals surface area (Å²) in [5.74, 6) is 1.82. The highest BCUT2D eigenvalue weighted by atomic mass is 16.5. The molecule has 3 atom stereocenters. The number of hydrogen-bond donors (Lipinski definition) is 2. The lowest BCUT2D eigenvalue weighted by atomic mass is 10.0.